The highest BCUT2D eigenvalue weighted by atomic mass is 16.7. The Morgan fingerprint density at radius 1 is 0.753 bits per heavy atom. The van der Waals surface area contributed by atoms with E-state index in [2.05, 4.69) is 16.9 Å². The van der Waals surface area contributed by atoms with E-state index in [0.29, 0.717) is 54.1 Å². The molecule has 15 heteroatoms. The summed E-state index contributed by atoms with van der Waals surface area (Å²) in [5.41, 5.74) is 10.6. The van der Waals surface area contributed by atoms with Gasteiger partial charge in [-0.15, -0.1) is 0 Å². The quantitative estimate of drug-likeness (QED) is 0.0883. The Balaban J connectivity index is 0.775. The minimum Gasteiger partial charge on any atom is -0.507 e. The summed E-state index contributed by atoms with van der Waals surface area (Å²) in [6, 6.07) is 2.66. The fraction of sp³-hybridized carbons (Fsp3) is 0.795. The highest BCUT2D eigenvalue weighted by Crippen LogP contribution is 2.88. The molecule has 2 aromatic rings. The predicted octanol–water partition coefficient (Wildman–Crippen LogP) is 12.5. The molecule has 22 unspecified atom stereocenters. The van der Waals surface area contributed by atoms with Gasteiger partial charge < -0.3 is 54.7 Å². The average molecular weight is 1280 g/mol. The first kappa shape index (κ1) is 60.5. The molecule has 3 saturated heterocycles. The molecule has 4 aliphatic heterocycles. The number of phenols is 2. The number of aliphatic hydroxyl groups is 4. The molecule has 22 atom stereocenters. The fourth-order valence-electron chi connectivity index (χ4n) is 30.9. The van der Waals surface area contributed by atoms with Crippen LogP contribution < -0.4 is 15.6 Å². The number of hydrazine groups is 1. The summed E-state index contributed by atoms with van der Waals surface area (Å²) in [7, 11) is 0. The monoisotopic (exact) mass is 1280 g/mol. The van der Waals surface area contributed by atoms with Crippen LogP contribution in [-0.2, 0) is 14.2 Å². The van der Waals surface area contributed by atoms with E-state index in [0.717, 1.165) is 75.0 Å². The van der Waals surface area contributed by atoms with Gasteiger partial charge in [0, 0.05) is 47.1 Å². The smallest absolute Gasteiger partial charge is 0.335 e. The van der Waals surface area contributed by atoms with E-state index in [9.17, 15) is 45.3 Å². The molecular formula is C78H104N2O13. The second-order valence-electron chi connectivity index (χ2n) is 36.3. The molecule has 93 heavy (non-hydrogen) atoms. The highest BCUT2D eigenvalue weighted by Gasteiger charge is 2.83. The van der Waals surface area contributed by atoms with Gasteiger partial charge in [0.2, 0.25) is 6.29 Å². The lowest BCUT2D eigenvalue weighted by molar-refractivity contribution is -0.349. The third-order valence-electron chi connectivity index (χ3n) is 33.1. The molecule has 2 aromatic carbocycles. The van der Waals surface area contributed by atoms with Gasteiger partial charge in [-0.1, -0.05) is 31.8 Å². The van der Waals surface area contributed by atoms with Crippen molar-refractivity contribution in [2.75, 3.05) is 26.4 Å². The number of carboxylic acids is 1. The predicted molar refractivity (Wildman–Crippen MR) is 346 cm³/mol. The number of Topliss-reactive ketones (excluding diaryl/α,β-unsaturated/α-hetero) is 1. The first-order valence-corrected chi connectivity index (χ1v) is 37.7. The minimum atomic E-state index is -1.84. The standard InChI is InChI=1S/C78H104N2O13/c1-43-57(44(2)83)61(85)58-50(60(43)84)29-46(66(88)89)30-54(58)91-67-62(86)65(87)78(56(34-82)92-67)32-53-59-51(15-16-52(59)76(93-78)23-7-19-69(37-76)25-24-68(36-69)17-3-4-18-68)74(22-8-28-81)42-90-35-47-31-71-38-72(33-55(71)79-80-77(53,40-71)64(47)74)41-73-21-6-10-49(73)14-12-45-11-13-48-9-5-20-70(48)26-27-75(72,39-70)63(45)73/h15,29-30,45,47-49,53,55-56,62-65,67,79-82,84-87H,3-14,16-28,31-42H2,1-2H3,(H,88,89). The van der Waals surface area contributed by atoms with E-state index < -0.39 is 76.6 Å². The van der Waals surface area contributed by atoms with Gasteiger partial charge in [0.25, 0.3) is 0 Å². The van der Waals surface area contributed by atoms with Gasteiger partial charge in [-0.2, -0.15) is 0 Å². The topological polar surface area (TPSA) is 237 Å². The molecule has 0 radical (unpaired) electrons. The van der Waals surface area contributed by atoms with Crippen LogP contribution in [-0.4, -0.2) is 121 Å². The van der Waals surface area contributed by atoms with Crippen molar-refractivity contribution in [3.8, 4) is 17.2 Å². The normalized spacial score (nSPS) is 49.8. The van der Waals surface area contributed by atoms with Crippen LogP contribution in [0, 0.1) is 91.7 Å². The summed E-state index contributed by atoms with van der Waals surface area (Å²) in [5, 5.41) is 84.6. The average Bonchev–Trinajstić information content (AvgIpc) is 1.52. The summed E-state index contributed by atoms with van der Waals surface area (Å²) in [4.78, 5) is 26.1. The van der Waals surface area contributed by atoms with Crippen molar-refractivity contribution < 1.29 is 64.3 Å². The van der Waals surface area contributed by atoms with E-state index in [1.54, 1.807) is 0 Å². The Kier molecular flexibility index (Phi) is 13.1. The van der Waals surface area contributed by atoms with Crippen LogP contribution in [0.1, 0.15) is 245 Å². The van der Waals surface area contributed by atoms with Gasteiger partial charge in [-0.25, -0.2) is 4.79 Å². The molecule has 504 valence electrons. The maximum absolute atomic E-state index is 14.0. The zero-order valence-corrected chi connectivity index (χ0v) is 55.4. The summed E-state index contributed by atoms with van der Waals surface area (Å²) in [5.74, 6) is 0.296. The number of benzene rings is 2. The zero-order valence-electron chi connectivity index (χ0n) is 55.4. The van der Waals surface area contributed by atoms with Crippen LogP contribution in [0.4, 0.5) is 0 Å². The van der Waals surface area contributed by atoms with Crippen molar-refractivity contribution in [1.82, 2.24) is 10.9 Å². The summed E-state index contributed by atoms with van der Waals surface area (Å²) in [6.07, 6.45) is 34.8. The number of nitrogens with one attached hydrogen (secondary N) is 2. The molecule has 15 fully saturated rings. The first-order valence-electron chi connectivity index (χ1n) is 37.7. The molecule has 15 nitrogen and oxygen atoms in total. The fourth-order valence-corrected chi connectivity index (χ4v) is 30.9. The van der Waals surface area contributed by atoms with Crippen LogP contribution in [0.15, 0.2) is 34.9 Å². The third-order valence-corrected chi connectivity index (χ3v) is 33.1. The largest absolute Gasteiger partial charge is 0.507 e. The van der Waals surface area contributed by atoms with E-state index in [1.165, 1.54) is 178 Å². The summed E-state index contributed by atoms with van der Waals surface area (Å²) in [6.45, 7) is 3.47. The second-order valence-corrected chi connectivity index (χ2v) is 36.3. The van der Waals surface area contributed by atoms with Crippen molar-refractivity contribution in [3.63, 3.8) is 0 Å². The molecule has 17 aliphatic rings. The molecule has 19 rings (SSSR count). The molecule has 0 amide bonds. The Morgan fingerprint density at radius 3 is 2.35 bits per heavy atom. The maximum atomic E-state index is 14.0. The van der Waals surface area contributed by atoms with Crippen molar-refractivity contribution in [2.45, 2.75) is 273 Å². The summed E-state index contributed by atoms with van der Waals surface area (Å²) < 4.78 is 29.4. The molecular weight excluding hydrogens is 1170 g/mol. The number of hydrogen-bond donors (Lipinski definition) is 9. The van der Waals surface area contributed by atoms with Crippen LogP contribution >= 0.6 is 0 Å². The van der Waals surface area contributed by atoms with Gasteiger partial charge in [0.05, 0.1) is 35.3 Å². The molecule has 0 aromatic heterocycles. The van der Waals surface area contributed by atoms with Crippen molar-refractivity contribution in [3.05, 3.63) is 51.6 Å². The second kappa shape index (κ2) is 20.1. The number of hydrogen-bond acceptors (Lipinski definition) is 14. The molecule has 12 saturated carbocycles. The Hall–Kier alpha value is -3.64. The molecule has 4 heterocycles. The number of aromatic carboxylic acids is 1. The van der Waals surface area contributed by atoms with Gasteiger partial charge >= 0.3 is 5.97 Å². The lowest BCUT2D eigenvalue weighted by Crippen LogP contribution is -2.81. The SMILES string of the molecule is CC(=O)c1c(C)c(O)c2cc(C(=O)O)cc(OC3OC(CO)C4(CC5C6=C(CC=C6C6(CCCO)COCC7CC89CC5(NNC8CC5(C9)CC89CCCC8CCC8CCC%10CCCC%10%11CCC5(C%11)C89)C76)C5(CCCC6(CCC7(CCCC7)C6)C5)O4)C(O)C3O)c2c1O. The molecule has 13 aliphatic carbocycles. The molecule has 10 spiro atoms. The number of ketones is 1. The highest BCUT2D eigenvalue weighted by molar-refractivity contribution is 6.11. The van der Waals surface area contributed by atoms with Crippen molar-refractivity contribution >= 4 is 22.5 Å². The molecule has 4 bridgehead atoms. The van der Waals surface area contributed by atoms with Crippen molar-refractivity contribution in [1.29, 1.82) is 0 Å². The Labute approximate surface area is 548 Å². The van der Waals surface area contributed by atoms with Crippen LogP contribution in [0.3, 0.4) is 0 Å². The number of aliphatic hydroxyl groups excluding tert-OH is 4. The number of carboxylic acid groups (broad SMARTS) is 1. The van der Waals surface area contributed by atoms with Crippen LogP contribution in [0.2, 0.25) is 0 Å². The minimum absolute atomic E-state index is 0.0165. The van der Waals surface area contributed by atoms with E-state index in [4.69, 9.17) is 18.9 Å². The van der Waals surface area contributed by atoms with Gasteiger partial charge in [-0.05, 0) is 302 Å². The number of carbonyl (C=O) groups excluding carboxylic acids is 1. The lowest BCUT2D eigenvalue weighted by atomic mass is 9.38. The van der Waals surface area contributed by atoms with Gasteiger partial charge in [0.15, 0.2) is 5.78 Å². The zero-order chi connectivity index (χ0) is 63.5. The van der Waals surface area contributed by atoms with Gasteiger partial charge in [-0.3, -0.25) is 15.6 Å². The Morgan fingerprint density at radius 2 is 1.55 bits per heavy atom. The Bertz CT molecular complexity index is 3590. The third kappa shape index (κ3) is 7.61. The number of fused-ring (bicyclic) bond motifs is 3. The lowest BCUT2D eigenvalue weighted by Gasteiger charge is -2.72. The van der Waals surface area contributed by atoms with E-state index in [-0.39, 0.29) is 86.3 Å². The van der Waals surface area contributed by atoms with E-state index in [1.807, 2.05) is 0 Å². The van der Waals surface area contributed by atoms with Gasteiger partial charge in [0.1, 0.15) is 41.2 Å². The number of aromatic hydroxyl groups is 2. The maximum Gasteiger partial charge on any atom is 0.335 e. The number of ether oxygens (including phenoxy) is 4. The number of phenolic OH excluding ortho intramolecular Hbond substituents is 2. The number of allylic oxidation sites excluding steroid dienone is 1. The van der Waals surface area contributed by atoms with Crippen molar-refractivity contribution in [2.24, 2.45) is 84.7 Å². The number of rotatable bonds is 8. The summed E-state index contributed by atoms with van der Waals surface area (Å²) >= 11 is 0. The molecule has 9 N–H and O–H groups in total. The van der Waals surface area contributed by atoms with Crippen LogP contribution in [0.5, 0.6) is 17.2 Å². The van der Waals surface area contributed by atoms with E-state index >= 15 is 0 Å². The van der Waals surface area contributed by atoms with Crippen LogP contribution in [0.25, 0.3) is 10.8 Å². The number of carbonyl (C=O) groups is 2. The first-order chi connectivity index (χ1) is 44.7.